The number of Topliss-reactive ketones (excluding diaryl/α,β-unsaturated/α-hetero) is 2. The molecular weight excluding hydrogens is 326 g/mol. The number of H-pyrrole nitrogens is 1. The number of carboxylic acid groups (broad SMARTS) is 1. The Bertz CT molecular complexity index is 822. The number of aromatic carboxylic acids is 1. The van der Waals surface area contributed by atoms with E-state index in [9.17, 15) is 19.5 Å². The Balaban J connectivity index is 2.30. The average Bonchev–Trinajstić information content (AvgIpc) is 2.81. The smallest absolute Gasteiger partial charge is 0.336 e. The van der Waals surface area contributed by atoms with Crippen LogP contribution in [-0.2, 0) is 0 Å². The minimum absolute atomic E-state index is 0.0863. The summed E-state index contributed by atoms with van der Waals surface area (Å²) in [7, 11) is 0. The molecule has 0 amide bonds. The van der Waals surface area contributed by atoms with Gasteiger partial charge in [-0.3, -0.25) is 9.59 Å². The van der Waals surface area contributed by atoms with Crippen LogP contribution < -0.4 is 0 Å². The maximum atomic E-state index is 12.7. The van der Waals surface area contributed by atoms with Crippen LogP contribution in [0, 0.1) is 13.8 Å². The van der Waals surface area contributed by atoms with Crippen molar-refractivity contribution in [3.63, 3.8) is 0 Å². The van der Waals surface area contributed by atoms with Crippen molar-refractivity contribution >= 4 is 29.3 Å². The van der Waals surface area contributed by atoms with Gasteiger partial charge < -0.3 is 10.1 Å². The molecule has 1 heterocycles. The highest BCUT2D eigenvalue weighted by Crippen LogP contribution is 2.30. The summed E-state index contributed by atoms with van der Waals surface area (Å²) in [5.41, 5.74) is 2.44. The summed E-state index contributed by atoms with van der Waals surface area (Å²) in [6.07, 6.45) is 0. The number of hydrogen-bond acceptors (Lipinski definition) is 4. The predicted octanol–water partition coefficient (Wildman–Crippen LogP) is 3.90. The van der Waals surface area contributed by atoms with E-state index in [0.717, 1.165) is 0 Å². The number of thioether (sulfide) groups is 1. The number of aromatic amines is 1. The molecule has 6 heteroatoms. The molecule has 1 aromatic heterocycles. The average molecular weight is 345 g/mol. The number of carbonyl (C=O) groups is 3. The predicted molar refractivity (Wildman–Crippen MR) is 93.3 cm³/mol. The fourth-order valence-electron chi connectivity index (χ4n) is 2.72. The SMILES string of the molecule is CC(=O)c1c(C)[nH]c(C(=O)C(C)Sc2ccccc2C(=O)O)c1C. The molecule has 0 aliphatic carbocycles. The molecule has 24 heavy (non-hydrogen) atoms. The molecule has 0 aliphatic rings. The number of nitrogens with one attached hydrogen (secondary N) is 1. The molecule has 0 aliphatic heterocycles. The number of carbonyl (C=O) groups excluding carboxylic acids is 2. The molecule has 0 spiro atoms. The normalized spacial score (nSPS) is 12.0. The van der Waals surface area contributed by atoms with Crippen molar-refractivity contribution in [2.24, 2.45) is 0 Å². The molecule has 1 atom stereocenters. The maximum absolute atomic E-state index is 12.7. The van der Waals surface area contributed by atoms with E-state index < -0.39 is 11.2 Å². The Morgan fingerprint density at radius 2 is 1.79 bits per heavy atom. The minimum Gasteiger partial charge on any atom is -0.478 e. The zero-order valence-corrected chi connectivity index (χ0v) is 14.8. The van der Waals surface area contributed by atoms with Gasteiger partial charge in [0.15, 0.2) is 11.6 Å². The molecule has 5 nitrogen and oxygen atoms in total. The highest BCUT2D eigenvalue weighted by atomic mass is 32.2. The van der Waals surface area contributed by atoms with E-state index in [4.69, 9.17) is 0 Å². The van der Waals surface area contributed by atoms with Gasteiger partial charge in [0.25, 0.3) is 0 Å². The third-order valence-corrected chi connectivity index (χ3v) is 5.00. The fourth-order valence-corrected chi connectivity index (χ4v) is 3.76. The first-order valence-corrected chi connectivity index (χ1v) is 8.35. The van der Waals surface area contributed by atoms with Crippen LogP contribution in [0.5, 0.6) is 0 Å². The second-order valence-corrected chi connectivity index (χ2v) is 6.99. The molecule has 0 fully saturated rings. The third-order valence-electron chi connectivity index (χ3n) is 3.83. The van der Waals surface area contributed by atoms with Crippen LogP contribution >= 0.6 is 11.8 Å². The van der Waals surface area contributed by atoms with E-state index in [2.05, 4.69) is 4.98 Å². The van der Waals surface area contributed by atoms with E-state index in [1.54, 1.807) is 39.0 Å². The summed E-state index contributed by atoms with van der Waals surface area (Å²) in [4.78, 5) is 39.2. The van der Waals surface area contributed by atoms with Gasteiger partial charge in [0.2, 0.25) is 0 Å². The lowest BCUT2D eigenvalue weighted by molar-refractivity contribution is 0.0692. The van der Waals surface area contributed by atoms with Crippen LogP contribution in [0.2, 0.25) is 0 Å². The Morgan fingerprint density at radius 1 is 1.17 bits per heavy atom. The number of ketones is 2. The number of aryl methyl sites for hydroxylation is 1. The third kappa shape index (κ3) is 3.43. The van der Waals surface area contributed by atoms with Crippen molar-refractivity contribution in [2.75, 3.05) is 0 Å². The van der Waals surface area contributed by atoms with Gasteiger partial charge in [-0.2, -0.15) is 0 Å². The molecule has 2 rings (SSSR count). The van der Waals surface area contributed by atoms with Crippen molar-refractivity contribution in [1.82, 2.24) is 4.98 Å². The number of aromatic nitrogens is 1. The molecule has 1 aromatic carbocycles. The Hall–Kier alpha value is -2.34. The summed E-state index contributed by atoms with van der Waals surface area (Å²) < 4.78 is 0. The number of carboxylic acids is 1. The zero-order valence-electron chi connectivity index (χ0n) is 14.0. The Morgan fingerprint density at radius 3 is 2.33 bits per heavy atom. The molecule has 0 saturated heterocycles. The van der Waals surface area contributed by atoms with Crippen molar-refractivity contribution < 1.29 is 19.5 Å². The summed E-state index contributed by atoms with van der Waals surface area (Å²) in [5, 5.41) is 8.75. The van der Waals surface area contributed by atoms with Crippen LogP contribution in [0.3, 0.4) is 0 Å². The largest absolute Gasteiger partial charge is 0.478 e. The van der Waals surface area contributed by atoms with E-state index >= 15 is 0 Å². The van der Waals surface area contributed by atoms with Gasteiger partial charge in [0.05, 0.1) is 16.5 Å². The number of hydrogen-bond donors (Lipinski definition) is 2. The van der Waals surface area contributed by atoms with Gasteiger partial charge in [-0.05, 0) is 45.4 Å². The van der Waals surface area contributed by atoms with Crippen LogP contribution in [0.25, 0.3) is 0 Å². The van der Waals surface area contributed by atoms with Crippen molar-refractivity contribution in [3.05, 3.63) is 52.3 Å². The van der Waals surface area contributed by atoms with Gasteiger partial charge in [-0.1, -0.05) is 12.1 Å². The van der Waals surface area contributed by atoms with E-state index in [0.29, 0.717) is 27.4 Å². The van der Waals surface area contributed by atoms with Gasteiger partial charge >= 0.3 is 5.97 Å². The highest BCUT2D eigenvalue weighted by Gasteiger charge is 2.25. The molecule has 1 unspecified atom stereocenters. The topological polar surface area (TPSA) is 87.2 Å². The maximum Gasteiger partial charge on any atom is 0.336 e. The van der Waals surface area contributed by atoms with Crippen LogP contribution in [-0.4, -0.2) is 32.9 Å². The van der Waals surface area contributed by atoms with Crippen molar-refractivity contribution in [1.29, 1.82) is 0 Å². The lowest BCUT2D eigenvalue weighted by Crippen LogP contribution is -2.16. The quantitative estimate of drug-likeness (QED) is 0.612. The Labute approximate surface area is 144 Å². The zero-order chi connectivity index (χ0) is 18.0. The summed E-state index contributed by atoms with van der Waals surface area (Å²) in [5.74, 6) is -1.27. The van der Waals surface area contributed by atoms with Crippen molar-refractivity contribution in [3.8, 4) is 0 Å². The van der Waals surface area contributed by atoms with Crippen LogP contribution in [0.1, 0.15) is 56.3 Å². The first kappa shape index (κ1) is 18.0. The first-order chi connectivity index (χ1) is 11.2. The summed E-state index contributed by atoms with van der Waals surface area (Å²) >= 11 is 1.20. The van der Waals surface area contributed by atoms with Crippen molar-refractivity contribution in [2.45, 2.75) is 37.8 Å². The number of benzene rings is 1. The summed E-state index contributed by atoms with van der Waals surface area (Å²) in [6.45, 7) is 6.71. The molecule has 0 saturated carbocycles. The minimum atomic E-state index is -1.02. The molecule has 126 valence electrons. The van der Waals surface area contributed by atoms with E-state index in [1.165, 1.54) is 24.8 Å². The second-order valence-electron chi connectivity index (χ2n) is 5.61. The van der Waals surface area contributed by atoms with Gasteiger partial charge in [-0.15, -0.1) is 11.8 Å². The van der Waals surface area contributed by atoms with Crippen LogP contribution in [0.4, 0.5) is 0 Å². The summed E-state index contributed by atoms with van der Waals surface area (Å²) in [6, 6.07) is 6.59. The molecular formula is C18H19NO4S. The highest BCUT2D eigenvalue weighted by molar-refractivity contribution is 8.00. The van der Waals surface area contributed by atoms with Gasteiger partial charge in [0, 0.05) is 16.2 Å². The molecule has 2 aromatic rings. The van der Waals surface area contributed by atoms with Gasteiger partial charge in [-0.25, -0.2) is 4.79 Å². The monoisotopic (exact) mass is 345 g/mol. The number of rotatable bonds is 6. The fraction of sp³-hybridized carbons (Fsp3) is 0.278. The molecule has 0 bridgehead atoms. The first-order valence-electron chi connectivity index (χ1n) is 7.47. The lowest BCUT2D eigenvalue weighted by atomic mass is 10.0. The second kappa shape index (κ2) is 7.05. The van der Waals surface area contributed by atoms with Gasteiger partial charge in [0.1, 0.15) is 0 Å². The lowest BCUT2D eigenvalue weighted by Gasteiger charge is -2.12. The Kier molecular flexibility index (Phi) is 5.29. The van der Waals surface area contributed by atoms with E-state index in [-0.39, 0.29) is 17.1 Å². The van der Waals surface area contributed by atoms with Crippen LogP contribution in [0.15, 0.2) is 29.2 Å². The standard InChI is InChI=1S/C18H19NO4S/c1-9-15(11(3)20)10(2)19-16(9)17(21)12(4)24-14-8-6-5-7-13(14)18(22)23/h5-8,12,19H,1-4H3,(H,22,23). The molecule has 2 N–H and O–H groups in total. The molecule has 0 radical (unpaired) electrons. The van der Waals surface area contributed by atoms with E-state index in [1.807, 2.05) is 0 Å².